The van der Waals surface area contributed by atoms with Gasteiger partial charge in [-0.3, -0.25) is 9.59 Å². The largest absolute Gasteiger partial charge is 0.427 e. The summed E-state index contributed by atoms with van der Waals surface area (Å²) in [5.41, 5.74) is 2.54. The molecule has 4 nitrogen and oxygen atoms in total. The highest BCUT2D eigenvalue weighted by molar-refractivity contribution is 8.87. The quantitative estimate of drug-likeness (QED) is 0.0251. The van der Waals surface area contributed by atoms with Crippen LogP contribution in [-0.2, 0) is 22.4 Å². The molecule has 5 unspecified atom stereocenters. The average molecular weight is 875 g/mol. The van der Waals surface area contributed by atoms with Crippen LogP contribution in [0.5, 0.6) is 11.5 Å². The fourth-order valence-corrected chi connectivity index (χ4v) is 18.5. The summed E-state index contributed by atoms with van der Waals surface area (Å²) in [5, 5.41) is 3.28. The van der Waals surface area contributed by atoms with E-state index in [4.69, 9.17) is 9.47 Å². The molecule has 320 valence electrons. The van der Waals surface area contributed by atoms with Gasteiger partial charge in [0, 0.05) is 33.8 Å². The Labute approximate surface area is 368 Å². The molecule has 0 saturated carbocycles. The number of ether oxygens (including phenoxy) is 2. The Morgan fingerprint density at radius 1 is 0.544 bits per heavy atom. The number of thioether (sulfide) groups is 1. The molecule has 9 heteroatoms. The molecule has 4 rings (SSSR count). The molecule has 2 aliphatic rings. The Hall–Kier alpha value is -0.870. The Balaban J connectivity index is 1.22. The molecule has 0 aliphatic carbocycles. The van der Waals surface area contributed by atoms with Crippen LogP contribution in [0.4, 0.5) is 0 Å². The SMILES string of the molecule is CCCCCCC1SSC(CCCCCCCCc2cccc(OC(=O)CC)c2)(CC2SC2CCC)SSC1CCCCCCCc1cccc(OC(=O)CC)c1. The monoisotopic (exact) mass is 874 g/mol. The van der Waals surface area contributed by atoms with E-state index >= 15 is 0 Å². The summed E-state index contributed by atoms with van der Waals surface area (Å²) in [5.74, 6) is 1.02. The molecule has 2 aromatic rings. The molecule has 0 radical (unpaired) electrons. The molecular weight excluding hydrogens is 801 g/mol. The van der Waals surface area contributed by atoms with E-state index in [1.54, 1.807) is 0 Å². The van der Waals surface area contributed by atoms with E-state index in [1.807, 2.05) is 50.2 Å². The highest BCUT2D eigenvalue weighted by atomic mass is 33.1. The number of hydrogen-bond donors (Lipinski definition) is 0. The van der Waals surface area contributed by atoms with Gasteiger partial charge in [0.05, 0.1) is 4.08 Å². The molecule has 2 aromatic carbocycles. The molecule has 5 atom stereocenters. The predicted molar refractivity (Wildman–Crippen MR) is 256 cm³/mol. The van der Waals surface area contributed by atoms with Crippen molar-refractivity contribution in [2.75, 3.05) is 0 Å². The maximum atomic E-state index is 11.7. The lowest BCUT2D eigenvalue weighted by molar-refractivity contribution is -0.134. The van der Waals surface area contributed by atoms with Crippen LogP contribution in [0.2, 0.25) is 0 Å². The maximum Gasteiger partial charge on any atom is 0.310 e. The number of benzene rings is 2. The van der Waals surface area contributed by atoms with Crippen molar-refractivity contribution in [2.24, 2.45) is 0 Å². The first-order chi connectivity index (χ1) is 27.9. The molecular formula is C48H74O4S5. The van der Waals surface area contributed by atoms with Gasteiger partial charge in [-0.2, -0.15) is 11.8 Å². The van der Waals surface area contributed by atoms with Gasteiger partial charge in [-0.25, -0.2) is 0 Å². The van der Waals surface area contributed by atoms with Crippen molar-refractivity contribution in [2.45, 2.75) is 213 Å². The molecule has 57 heavy (non-hydrogen) atoms. The zero-order chi connectivity index (χ0) is 40.6. The van der Waals surface area contributed by atoms with Crippen LogP contribution in [0.15, 0.2) is 48.5 Å². The van der Waals surface area contributed by atoms with Gasteiger partial charge in [0.2, 0.25) is 0 Å². The third-order valence-electron chi connectivity index (χ3n) is 11.2. The van der Waals surface area contributed by atoms with E-state index in [9.17, 15) is 9.59 Å². The first-order valence-corrected chi connectivity index (χ1v) is 28.2. The summed E-state index contributed by atoms with van der Waals surface area (Å²) in [6.45, 7) is 8.36. The topological polar surface area (TPSA) is 52.6 Å². The first kappa shape index (κ1) is 48.8. The predicted octanol–water partition coefficient (Wildman–Crippen LogP) is 16.0. The second kappa shape index (κ2) is 28.6. The Kier molecular flexibility index (Phi) is 24.5. The second-order valence-electron chi connectivity index (χ2n) is 16.3. The standard InChI is InChI=1S/C48H74O4S5/c1-5-9-10-20-32-43-44(33-21-16-13-15-19-27-39-29-24-31-41(36-39)52-47(50)8-4)55-57-48(56-54-43,37-45-42(53-45)25-6-2)34-22-17-12-11-14-18-26-38-28-23-30-40(35-38)51-46(49)7-3/h23-24,28-31,35-36,42-45H,5-22,25-27,32-34,37H2,1-4H3. The van der Waals surface area contributed by atoms with Crippen molar-refractivity contribution in [3.8, 4) is 11.5 Å². The molecule has 2 saturated heterocycles. The Morgan fingerprint density at radius 3 is 1.54 bits per heavy atom. The number of aryl methyl sites for hydroxylation is 2. The Morgan fingerprint density at radius 2 is 1.04 bits per heavy atom. The van der Waals surface area contributed by atoms with E-state index in [2.05, 4.69) is 80.9 Å². The van der Waals surface area contributed by atoms with Crippen molar-refractivity contribution in [3.05, 3.63) is 59.7 Å². The molecule has 0 amide bonds. The van der Waals surface area contributed by atoms with E-state index in [0.29, 0.717) is 28.4 Å². The first-order valence-electron chi connectivity index (χ1n) is 22.8. The third-order valence-corrected chi connectivity index (χ3v) is 21.1. The minimum Gasteiger partial charge on any atom is -0.427 e. The summed E-state index contributed by atoms with van der Waals surface area (Å²) in [6.07, 6.45) is 30.8. The second-order valence-corrected chi connectivity index (χ2v) is 23.7. The number of carbonyl (C=O) groups excluding carboxylic acids is 2. The van der Waals surface area contributed by atoms with E-state index in [-0.39, 0.29) is 11.9 Å². The van der Waals surface area contributed by atoms with Gasteiger partial charge in [-0.1, -0.05) is 185 Å². The number of carbonyl (C=O) groups is 2. The van der Waals surface area contributed by atoms with Crippen LogP contribution >= 0.6 is 54.9 Å². The lowest BCUT2D eigenvalue weighted by Crippen LogP contribution is -2.21. The van der Waals surface area contributed by atoms with Crippen LogP contribution in [0.3, 0.4) is 0 Å². The number of esters is 2. The van der Waals surface area contributed by atoms with Crippen LogP contribution in [0, 0.1) is 0 Å². The zero-order valence-corrected chi connectivity index (χ0v) is 39.9. The normalized spacial score (nSPS) is 21.9. The molecule has 2 fully saturated rings. The van der Waals surface area contributed by atoms with Gasteiger partial charge >= 0.3 is 11.9 Å². The van der Waals surface area contributed by atoms with E-state index in [1.165, 1.54) is 146 Å². The maximum absolute atomic E-state index is 11.7. The average Bonchev–Trinajstić information content (AvgIpc) is 3.98. The molecule has 2 heterocycles. The van der Waals surface area contributed by atoms with Crippen molar-refractivity contribution in [1.82, 2.24) is 0 Å². The molecule has 0 aromatic heterocycles. The highest BCUT2D eigenvalue weighted by Crippen LogP contribution is 2.65. The number of unbranched alkanes of at least 4 members (excludes halogenated alkanes) is 12. The van der Waals surface area contributed by atoms with Crippen LogP contribution < -0.4 is 9.47 Å². The fourth-order valence-electron chi connectivity index (χ4n) is 7.71. The molecule has 2 aliphatic heterocycles. The van der Waals surface area contributed by atoms with Crippen molar-refractivity contribution in [1.29, 1.82) is 0 Å². The van der Waals surface area contributed by atoms with Crippen molar-refractivity contribution < 1.29 is 19.1 Å². The van der Waals surface area contributed by atoms with E-state index in [0.717, 1.165) is 33.8 Å². The molecule has 0 N–H and O–H groups in total. The molecule has 0 spiro atoms. The van der Waals surface area contributed by atoms with Crippen LogP contribution in [0.25, 0.3) is 0 Å². The van der Waals surface area contributed by atoms with Gasteiger partial charge in [0.25, 0.3) is 0 Å². The smallest absolute Gasteiger partial charge is 0.310 e. The van der Waals surface area contributed by atoms with Crippen molar-refractivity contribution >= 4 is 66.9 Å². The summed E-state index contributed by atoms with van der Waals surface area (Å²) in [7, 11) is 9.22. The minimum atomic E-state index is -0.168. The van der Waals surface area contributed by atoms with Crippen LogP contribution in [0.1, 0.15) is 187 Å². The summed E-state index contributed by atoms with van der Waals surface area (Å²) in [6, 6.07) is 16.2. The molecule has 0 bridgehead atoms. The lowest BCUT2D eigenvalue weighted by atomic mass is 10.0. The van der Waals surface area contributed by atoms with E-state index < -0.39 is 0 Å². The van der Waals surface area contributed by atoms with Gasteiger partial charge in [-0.15, -0.1) is 0 Å². The zero-order valence-electron chi connectivity index (χ0n) is 35.8. The van der Waals surface area contributed by atoms with Crippen LogP contribution in [-0.4, -0.2) is 37.0 Å². The minimum absolute atomic E-state index is 0.168. The summed E-state index contributed by atoms with van der Waals surface area (Å²) >= 11 is 2.27. The highest BCUT2D eigenvalue weighted by Gasteiger charge is 2.47. The van der Waals surface area contributed by atoms with Gasteiger partial charge in [0.1, 0.15) is 11.5 Å². The van der Waals surface area contributed by atoms with Crippen molar-refractivity contribution in [3.63, 3.8) is 0 Å². The summed E-state index contributed by atoms with van der Waals surface area (Å²) < 4.78 is 11.2. The fraction of sp³-hybridized carbons (Fsp3) is 0.708. The third kappa shape index (κ3) is 19.6. The number of hydrogen-bond acceptors (Lipinski definition) is 9. The Bertz CT molecular complexity index is 1420. The van der Waals surface area contributed by atoms with Gasteiger partial charge in [0.15, 0.2) is 0 Å². The van der Waals surface area contributed by atoms with Gasteiger partial charge in [-0.05, 0) is 93.2 Å². The van der Waals surface area contributed by atoms with Gasteiger partial charge < -0.3 is 9.47 Å². The number of rotatable bonds is 30. The lowest BCUT2D eigenvalue weighted by Gasteiger charge is -2.30. The summed E-state index contributed by atoms with van der Waals surface area (Å²) in [4.78, 5) is 23.4.